The van der Waals surface area contributed by atoms with Crippen LogP contribution in [0.1, 0.15) is 0 Å². The Morgan fingerprint density at radius 1 is 1.29 bits per heavy atom. The second kappa shape index (κ2) is 5.33. The van der Waals surface area contributed by atoms with E-state index in [2.05, 4.69) is 5.10 Å². The summed E-state index contributed by atoms with van der Waals surface area (Å²) < 4.78 is 16.1. The maximum Gasteiger partial charge on any atom is 0.129 e. The topological polar surface area (TPSA) is 43.8 Å². The first kappa shape index (κ1) is 14.4. The largest absolute Gasteiger partial charge is 0.383 e. The van der Waals surface area contributed by atoms with E-state index in [1.54, 1.807) is 25.2 Å². The molecule has 2 aromatic heterocycles. The Morgan fingerprint density at radius 3 is 2.67 bits per heavy atom. The number of benzene rings is 1. The van der Waals surface area contributed by atoms with Crippen LogP contribution in [0.4, 0.5) is 10.2 Å². The van der Waals surface area contributed by atoms with Crippen molar-refractivity contribution in [2.45, 2.75) is 0 Å². The third-order valence-corrected chi connectivity index (χ3v) is 4.60. The van der Waals surface area contributed by atoms with E-state index in [0.29, 0.717) is 36.9 Å². The Balaban J connectivity index is 2.28. The first-order valence-electron chi connectivity index (χ1n) is 6.01. The second-order valence-corrected chi connectivity index (χ2v) is 6.77. The SMILES string of the molecule is Cn1nc(-c2cc(Cl)sc2Cl)c(-c2cccc(F)c2)c1N. The minimum atomic E-state index is -0.337. The van der Waals surface area contributed by atoms with Crippen molar-refractivity contribution >= 4 is 40.4 Å². The van der Waals surface area contributed by atoms with E-state index in [4.69, 9.17) is 28.9 Å². The quantitative estimate of drug-likeness (QED) is 0.724. The molecule has 2 N–H and O–H groups in total. The predicted octanol–water partition coefficient (Wildman–Crippen LogP) is 4.84. The van der Waals surface area contributed by atoms with E-state index < -0.39 is 0 Å². The average molecular weight is 342 g/mol. The maximum atomic E-state index is 13.5. The zero-order chi connectivity index (χ0) is 15.1. The molecule has 21 heavy (non-hydrogen) atoms. The summed E-state index contributed by atoms with van der Waals surface area (Å²) in [5.74, 6) is 0.102. The molecule has 0 atom stereocenters. The molecule has 0 unspecified atom stereocenters. The van der Waals surface area contributed by atoms with Crippen LogP contribution in [0.3, 0.4) is 0 Å². The Bertz CT molecular complexity index is 826. The first-order chi connectivity index (χ1) is 9.97. The van der Waals surface area contributed by atoms with Crippen LogP contribution in [-0.2, 0) is 7.05 Å². The smallest absolute Gasteiger partial charge is 0.129 e. The van der Waals surface area contributed by atoms with Gasteiger partial charge in [-0.2, -0.15) is 5.10 Å². The zero-order valence-electron chi connectivity index (χ0n) is 10.9. The van der Waals surface area contributed by atoms with Gasteiger partial charge < -0.3 is 5.73 Å². The van der Waals surface area contributed by atoms with Crippen LogP contribution in [0.15, 0.2) is 30.3 Å². The lowest BCUT2D eigenvalue weighted by Gasteiger charge is -2.04. The fourth-order valence-corrected chi connectivity index (χ4v) is 3.62. The number of thiophene rings is 1. The molecule has 0 aliphatic rings. The first-order valence-corrected chi connectivity index (χ1v) is 7.58. The molecule has 3 aromatic rings. The van der Waals surface area contributed by atoms with Crippen molar-refractivity contribution in [2.75, 3.05) is 5.73 Å². The summed E-state index contributed by atoms with van der Waals surface area (Å²) in [5, 5.41) is 4.39. The molecule has 108 valence electrons. The molecular weight excluding hydrogens is 332 g/mol. The van der Waals surface area contributed by atoms with E-state index in [1.165, 1.54) is 28.2 Å². The number of hydrogen-bond acceptors (Lipinski definition) is 3. The Labute approximate surface area is 134 Å². The van der Waals surface area contributed by atoms with Crippen molar-refractivity contribution in [3.63, 3.8) is 0 Å². The highest BCUT2D eigenvalue weighted by molar-refractivity contribution is 7.20. The molecule has 3 nitrogen and oxygen atoms in total. The minimum Gasteiger partial charge on any atom is -0.383 e. The van der Waals surface area contributed by atoms with Crippen LogP contribution in [0.2, 0.25) is 8.67 Å². The summed E-state index contributed by atoms with van der Waals surface area (Å²) in [6, 6.07) is 7.94. The summed E-state index contributed by atoms with van der Waals surface area (Å²) in [6.45, 7) is 0. The van der Waals surface area contributed by atoms with Gasteiger partial charge in [0.25, 0.3) is 0 Å². The van der Waals surface area contributed by atoms with E-state index in [0.717, 1.165) is 0 Å². The molecule has 2 heterocycles. The molecule has 0 saturated carbocycles. The van der Waals surface area contributed by atoms with Gasteiger partial charge in [0.15, 0.2) is 0 Å². The van der Waals surface area contributed by atoms with Crippen LogP contribution >= 0.6 is 34.5 Å². The molecule has 0 fully saturated rings. The lowest BCUT2D eigenvalue weighted by Crippen LogP contribution is -1.98. The monoisotopic (exact) mass is 341 g/mol. The molecule has 0 radical (unpaired) electrons. The Hall–Kier alpha value is -1.56. The van der Waals surface area contributed by atoms with Gasteiger partial charge in [0.1, 0.15) is 21.7 Å². The average Bonchev–Trinajstić information content (AvgIpc) is 2.90. The second-order valence-electron chi connectivity index (χ2n) is 4.48. The van der Waals surface area contributed by atoms with Gasteiger partial charge in [0.05, 0.1) is 9.90 Å². The van der Waals surface area contributed by atoms with Gasteiger partial charge in [0.2, 0.25) is 0 Å². The highest BCUT2D eigenvalue weighted by Gasteiger charge is 2.21. The Kier molecular flexibility index (Phi) is 3.65. The number of hydrogen-bond donors (Lipinski definition) is 1. The highest BCUT2D eigenvalue weighted by Crippen LogP contribution is 2.43. The summed E-state index contributed by atoms with van der Waals surface area (Å²) in [5.41, 5.74) is 8.66. The van der Waals surface area contributed by atoms with Crippen molar-refractivity contribution in [2.24, 2.45) is 7.05 Å². The fraction of sp³-hybridized carbons (Fsp3) is 0.0714. The molecule has 0 saturated heterocycles. The molecule has 0 amide bonds. The van der Waals surface area contributed by atoms with E-state index in [1.807, 2.05) is 0 Å². The van der Waals surface area contributed by atoms with Crippen LogP contribution in [0, 0.1) is 5.82 Å². The number of nitrogens with zero attached hydrogens (tertiary/aromatic N) is 2. The number of anilines is 1. The summed E-state index contributed by atoms with van der Waals surface area (Å²) in [6.07, 6.45) is 0. The van der Waals surface area contributed by atoms with Gasteiger partial charge in [-0.1, -0.05) is 35.3 Å². The predicted molar refractivity (Wildman–Crippen MR) is 86.3 cm³/mol. The van der Waals surface area contributed by atoms with Gasteiger partial charge >= 0.3 is 0 Å². The number of nitrogen functional groups attached to an aromatic ring is 1. The number of halogens is 3. The molecule has 7 heteroatoms. The number of rotatable bonds is 2. The number of aromatic nitrogens is 2. The third kappa shape index (κ3) is 2.52. The molecule has 1 aromatic carbocycles. The van der Waals surface area contributed by atoms with Gasteiger partial charge in [0, 0.05) is 12.6 Å². The molecule has 0 bridgehead atoms. The number of nitrogens with two attached hydrogens (primary N) is 1. The van der Waals surface area contributed by atoms with E-state index in [-0.39, 0.29) is 5.82 Å². The van der Waals surface area contributed by atoms with Crippen LogP contribution < -0.4 is 5.73 Å². The van der Waals surface area contributed by atoms with Crippen LogP contribution in [0.5, 0.6) is 0 Å². The van der Waals surface area contributed by atoms with Gasteiger partial charge in [-0.05, 0) is 23.8 Å². The maximum absolute atomic E-state index is 13.5. The van der Waals surface area contributed by atoms with Crippen molar-refractivity contribution in [1.82, 2.24) is 9.78 Å². The minimum absolute atomic E-state index is 0.337. The van der Waals surface area contributed by atoms with E-state index in [9.17, 15) is 4.39 Å². The molecule has 3 rings (SSSR count). The third-order valence-electron chi connectivity index (χ3n) is 3.12. The van der Waals surface area contributed by atoms with Gasteiger partial charge in [-0.15, -0.1) is 11.3 Å². The fourth-order valence-electron chi connectivity index (χ4n) is 2.16. The summed E-state index contributed by atoms with van der Waals surface area (Å²) in [4.78, 5) is 0. The normalized spacial score (nSPS) is 11.0. The van der Waals surface area contributed by atoms with Gasteiger partial charge in [-0.25, -0.2) is 4.39 Å². The number of aryl methyl sites for hydroxylation is 1. The lowest BCUT2D eigenvalue weighted by atomic mass is 10.0. The van der Waals surface area contributed by atoms with Crippen molar-refractivity contribution in [1.29, 1.82) is 0 Å². The summed E-state index contributed by atoms with van der Waals surface area (Å²) in [7, 11) is 1.73. The standard InChI is InChI=1S/C14H10Cl2FN3S/c1-20-14(18)11(7-3-2-4-8(17)5-7)12(19-20)9-6-10(15)21-13(9)16/h2-6H,18H2,1H3. The molecular formula is C14H10Cl2FN3S. The molecule has 0 spiro atoms. The Morgan fingerprint density at radius 2 is 2.05 bits per heavy atom. The van der Waals surface area contributed by atoms with Crippen molar-refractivity contribution in [3.8, 4) is 22.4 Å². The molecule has 0 aliphatic carbocycles. The van der Waals surface area contributed by atoms with Gasteiger partial charge in [-0.3, -0.25) is 4.68 Å². The van der Waals surface area contributed by atoms with Crippen molar-refractivity contribution in [3.05, 3.63) is 44.8 Å². The lowest BCUT2D eigenvalue weighted by molar-refractivity contribution is 0.628. The highest BCUT2D eigenvalue weighted by atomic mass is 35.5. The van der Waals surface area contributed by atoms with E-state index >= 15 is 0 Å². The van der Waals surface area contributed by atoms with Crippen molar-refractivity contribution < 1.29 is 4.39 Å². The zero-order valence-corrected chi connectivity index (χ0v) is 13.2. The molecule has 0 aliphatic heterocycles. The van der Waals surface area contributed by atoms with Crippen LogP contribution in [-0.4, -0.2) is 9.78 Å². The summed E-state index contributed by atoms with van der Waals surface area (Å²) >= 11 is 13.4. The van der Waals surface area contributed by atoms with Crippen LogP contribution in [0.25, 0.3) is 22.4 Å².